The van der Waals surface area contributed by atoms with Gasteiger partial charge in [-0.25, -0.2) is 9.49 Å². The number of aromatic amines is 1. The largest absolute Gasteiger partial charge is 0.493 e. The second-order valence-electron chi connectivity index (χ2n) is 9.28. The molecule has 1 aliphatic heterocycles. The topological polar surface area (TPSA) is 111 Å². The summed E-state index contributed by atoms with van der Waals surface area (Å²) in [7, 11) is 0. The highest BCUT2D eigenvalue weighted by molar-refractivity contribution is 6.27. The molecule has 2 aliphatic rings. The number of halogens is 1. The Balaban J connectivity index is 1.50. The maximum absolute atomic E-state index is 15.3. The molecule has 34 heavy (non-hydrogen) atoms. The third kappa shape index (κ3) is 4.44. The maximum atomic E-state index is 15.3. The lowest BCUT2D eigenvalue weighted by Crippen LogP contribution is -2.48. The van der Waals surface area contributed by atoms with Crippen LogP contribution in [-0.4, -0.2) is 42.9 Å². The van der Waals surface area contributed by atoms with Crippen LogP contribution >= 0.6 is 0 Å². The summed E-state index contributed by atoms with van der Waals surface area (Å²) in [4.78, 5) is 13.3. The summed E-state index contributed by atoms with van der Waals surface area (Å²) in [5.41, 5.74) is 1.04. The molecule has 9 nitrogen and oxygen atoms in total. The lowest BCUT2D eigenvalue weighted by molar-refractivity contribution is -0.117. The molecule has 0 unspecified atom stereocenters. The van der Waals surface area contributed by atoms with Crippen LogP contribution in [0, 0.1) is 11.7 Å². The molecule has 1 saturated carbocycles. The first kappa shape index (κ1) is 22.2. The van der Waals surface area contributed by atoms with Crippen LogP contribution in [0.5, 0.6) is 5.75 Å². The summed E-state index contributed by atoms with van der Waals surface area (Å²) >= 11 is 0. The minimum Gasteiger partial charge on any atom is -0.493 e. The van der Waals surface area contributed by atoms with Crippen molar-refractivity contribution < 1.29 is 13.9 Å². The number of carbonyl (C=O) groups is 1. The maximum Gasteiger partial charge on any atom is 0.256 e. The molecular formula is C24H28FN7O2. The van der Waals surface area contributed by atoms with Crippen molar-refractivity contribution in [1.82, 2.24) is 35.7 Å². The van der Waals surface area contributed by atoms with E-state index in [1.165, 1.54) is 18.9 Å². The SMILES string of the molecule is CCCCOc1ccc([C@]2(C)CC(c3ccn(CC4CC4)n3)=C(c3nnn[nH]3)C(=O)N2)c(F)c1. The molecule has 0 bridgehead atoms. The van der Waals surface area contributed by atoms with Crippen molar-refractivity contribution >= 4 is 17.1 Å². The fourth-order valence-corrected chi connectivity index (χ4v) is 4.39. The molecule has 1 atom stereocenters. The zero-order valence-electron chi connectivity index (χ0n) is 19.3. The van der Waals surface area contributed by atoms with E-state index in [0.717, 1.165) is 19.4 Å². The molecule has 0 saturated heterocycles. The number of nitrogens with one attached hydrogen (secondary N) is 2. The Morgan fingerprint density at radius 2 is 2.15 bits per heavy atom. The van der Waals surface area contributed by atoms with Gasteiger partial charge in [-0.05, 0) is 60.2 Å². The minimum absolute atomic E-state index is 0.256. The molecule has 178 valence electrons. The van der Waals surface area contributed by atoms with Crippen molar-refractivity contribution in [2.45, 2.75) is 58.0 Å². The number of H-pyrrole nitrogens is 1. The van der Waals surface area contributed by atoms with Gasteiger partial charge >= 0.3 is 0 Å². The lowest BCUT2D eigenvalue weighted by atomic mass is 9.79. The fourth-order valence-electron chi connectivity index (χ4n) is 4.39. The number of hydrogen-bond donors (Lipinski definition) is 2. The Bertz CT molecular complexity index is 1220. The number of rotatable bonds is 9. The van der Waals surface area contributed by atoms with Crippen LogP contribution in [0.2, 0.25) is 0 Å². The number of tetrazole rings is 1. The second-order valence-corrected chi connectivity index (χ2v) is 9.28. The summed E-state index contributed by atoms with van der Waals surface area (Å²) in [6.45, 7) is 5.28. The first-order valence-electron chi connectivity index (χ1n) is 11.7. The van der Waals surface area contributed by atoms with E-state index in [-0.39, 0.29) is 11.7 Å². The minimum atomic E-state index is -0.990. The van der Waals surface area contributed by atoms with Crippen molar-refractivity contribution in [2.75, 3.05) is 6.61 Å². The van der Waals surface area contributed by atoms with Crippen molar-refractivity contribution in [3.05, 3.63) is 53.4 Å². The third-order valence-electron chi connectivity index (χ3n) is 6.42. The Morgan fingerprint density at radius 1 is 1.29 bits per heavy atom. The van der Waals surface area contributed by atoms with E-state index in [4.69, 9.17) is 9.84 Å². The molecule has 1 aliphatic carbocycles. The summed E-state index contributed by atoms with van der Waals surface area (Å²) in [5.74, 6) is 0.573. The predicted octanol–water partition coefficient (Wildman–Crippen LogP) is 3.47. The van der Waals surface area contributed by atoms with E-state index in [0.29, 0.717) is 47.1 Å². The van der Waals surface area contributed by atoms with E-state index < -0.39 is 11.4 Å². The monoisotopic (exact) mass is 465 g/mol. The van der Waals surface area contributed by atoms with Crippen LogP contribution in [0.15, 0.2) is 30.5 Å². The Hall–Kier alpha value is -3.56. The van der Waals surface area contributed by atoms with Gasteiger partial charge in [0.05, 0.1) is 23.4 Å². The van der Waals surface area contributed by atoms with Crippen molar-refractivity contribution in [3.63, 3.8) is 0 Å². The lowest BCUT2D eigenvalue weighted by Gasteiger charge is -2.37. The number of amides is 1. The summed E-state index contributed by atoms with van der Waals surface area (Å²) in [6, 6.07) is 6.70. The van der Waals surface area contributed by atoms with Crippen LogP contribution < -0.4 is 10.1 Å². The molecule has 2 aromatic heterocycles. The van der Waals surface area contributed by atoms with Crippen LogP contribution in [-0.2, 0) is 16.9 Å². The van der Waals surface area contributed by atoms with Gasteiger partial charge in [-0.2, -0.15) is 5.10 Å². The van der Waals surface area contributed by atoms with Gasteiger partial charge in [0.1, 0.15) is 11.6 Å². The van der Waals surface area contributed by atoms with Gasteiger partial charge in [-0.3, -0.25) is 9.48 Å². The molecule has 0 radical (unpaired) electrons. The van der Waals surface area contributed by atoms with E-state index in [2.05, 4.69) is 32.9 Å². The van der Waals surface area contributed by atoms with Gasteiger partial charge in [0.15, 0.2) is 5.82 Å². The highest BCUT2D eigenvalue weighted by Gasteiger charge is 2.41. The van der Waals surface area contributed by atoms with E-state index in [1.54, 1.807) is 12.1 Å². The zero-order chi connectivity index (χ0) is 23.7. The molecular weight excluding hydrogens is 437 g/mol. The average Bonchev–Trinajstić information content (AvgIpc) is 3.24. The number of unbranched alkanes of at least 4 members (excludes halogenated alkanes) is 1. The van der Waals surface area contributed by atoms with E-state index in [9.17, 15) is 4.79 Å². The predicted molar refractivity (Wildman–Crippen MR) is 123 cm³/mol. The molecule has 5 rings (SSSR count). The van der Waals surface area contributed by atoms with Crippen molar-refractivity contribution in [3.8, 4) is 5.75 Å². The molecule has 1 fully saturated rings. The number of carbonyl (C=O) groups excluding carboxylic acids is 1. The number of benzene rings is 1. The first-order chi connectivity index (χ1) is 16.5. The quantitative estimate of drug-likeness (QED) is 0.468. The second kappa shape index (κ2) is 9.00. The van der Waals surface area contributed by atoms with Crippen LogP contribution in [0.25, 0.3) is 11.1 Å². The van der Waals surface area contributed by atoms with E-state index >= 15 is 4.39 Å². The molecule has 3 aromatic rings. The molecule has 1 amide bonds. The molecule has 3 heterocycles. The summed E-state index contributed by atoms with van der Waals surface area (Å²) in [5, 5.41) is 21.6. The van der Waals surface area contributed by atoms with Gasteiger partial charge in [0, 0.05) is 30.8 Å². The van der Waals surface area contributed by atoms with Gasteiger partial charge in [-0.15, -0.1) is 5.10 Å². The van der Waals surface area contributed by atoms with Gasteiger partial charge in [0.25, 0.3) is 5.91 Å². The number of hydrogen-bond acceptors (Lipinski definition) is 6. The van der Waals surface area contributed by atoms with Gasteiger partial charge in [0.2, 0.25) is 0 Å². The normalized spacial score (nSPS) is 20.5. The fraction of sp³-hybridized carbons (Fsp3) is 0.458. The summed E-state index contributed by atoms with van der Waals surface area (Å²) in [6.07, 6.45) is 6.57. The van der Waals surface area contributed by atoms with Crippen LogP contribution in [0.4, 0.5) is 4.39 Å². The van der Waals surface area contributed by atoms with Gasteiger partial charge < -0.3 is 10.1 Å². The number of ether oxygens (including phenoxy) is 1. The highest BCUT2D eigenvalue weighted by Crippen LogP contribution is 2.41. The number of nitrogens with zero attached hydrogens (tertiary/aromatic N) is 5. The first-order valence-corrected chi connectivity index (χ1v) is 11.7. The smallest absolute Gasteiger partial charge is 0.256 e. The standard InChI is InChI=1S/C24H28FN7O2/c1-3-4-11-34-16-7-8-18(19(25)12-16)24(2)13-17(20-9-10-32(29-20)14-15-5-6-15)21(23(33)26-24)22-27-30-31-28-22/h7-10,12,15H,3-6,11,13-14H2,1-2H3,(H,26,33)(H,27,28,30,31)/t24-/m0/s1. The highest BCUT2D eigenvalue weighted by atomic mass is 19.1. The molecule has 10 heteroatoms. The summed E-state index contributed by atoms with van der Waals surface area (Å²) < 4.78 is 22.8. The molecule has 2 N–H and O–H groups in total. The zero-order valence-corrected chi connectivity index (χ0v) is 19.3. The Labute approximate surface area is 196 Å². The van der Waals surface area contributed by atoms with E-state index in [1.807, 2.05) is 23.9 Å². The Kier molecular flexibility index (Phi) is 5.89. The average molecular weight is 466 g/mol. The number of aromatic nitrogens is 6. The molecule has 1 aromatic carbocycles. The third-order valence-corrected chi connectivity index (χ3v) is 6.42. The van der Waals surface area contributed by atoms with Gasteiger partial charge in [-0.1, -0.05) is 19.4 Å². The Morgan fingerprint density at radius 3 is 2.85 bits per heavy atom. The van der Waals surface area contributed by atoms with Crippen LogP contribution in [0.1, 0.15) is 63.0 Å². The van der Waals surface area contributed by atoms with Crippen molar-refractivity contribution in [1.29, 1.82) is 0 Å². The van der Waals surface area contributed by atoms with Crippen molar-refractivity contribution in [2.24, 2.45) is 5.92 Å². The van der Waals surface area contributed by atoms with Crippen LogP contribution in [0.3, 0.4) is 0 Å². The molecule has 0 spiro atoms.